The fourth-order valence-electron chi connectivity index (χ4n) is 1.97. The summed E-state index contributed by atoms with van der Waals surface area (Å²) in [5, 5.41) is 17.1. The summed E-state index contributed by atoms with van der Waals surface area (Å²) in [6, 6.07) is -0.274. The normalized spacial score (nSPS) is 21.6. The summed E-state index contributed by atoms with van der Waals surface area (Å²) < 4.78 is 5.29. The molecule has 2 rings (SSSR count). The van der Waals surface area contributed by atoms with Gasteiger partial charge in [0.05, 0.1) is 11.1 Å². The summed E-state index contributed by atoms with van der Waals surface area (Å²) in [5.41, 5.74) is 0. The second-order valence-electron chi connectivity index (χ2n) is 4.47. The van der Waals surface area contributed by atoms with Gasteiger partial charge in [-0.3, -0.25) is 0 Å². The number of ether oxygens (including phenoxy) is 1. The molecule has 2 unspecified atom stereocenters. The van der Waals surface area contributed by atoms with Gasteiger partial charge in [0.15, 0.2) is 6.10 Å². The molecular formula is C12H17N3O4S. The Hall–Kier alpha value is -1.67. The Morgan fingerprint density at radius 3 is 2.95 bits per heavy atom. The second kappa shape index (κ2) is 7.20. The Kier molecular flexibility index (Phi) is 5.31. The number of carboxylic acid groups (broad SMARTS) is 1. The maximum atomic E-state index is 11.5. The van der Waals surface area contributed by atoms with E-state index in [0.29, 0.717) is 32.4 Å². The summed E-state index contributed by atoms with van der Waals surface area (Å²) in [4.78, 5) is 26.4. The first-order valence-corrected chi connectivity index (χ1v) is 7.31. The van der Waals surface area contributed by atoms with Crippen molar-refractivity contribution in [1.82, 2.24) is 15.6 Å². The molecule has 0 saturated carbocycles. The molecule has 0 radical (unpaired) electrons. The molecule has 3 N–H and O–H groups in total. The predicted molar refractivity (Wildman–Crippen MR) is 72.8 cm³/mol. The van der Waals surface area contributed by atoms with Gasteiger partial charge in [0.1, 0.15) is 0 Å². The molecule has 1 saturated heterocycles. The lowest BCUT2D eigenvalue weighted by molar-refractivity contribution is -0.149. The Bertz CT molecular complexity index is 452. The highest BCUT2D eigenvalue weighted by molar-refractivity contribution is 7.09. The first-order valence-electron chi connectivity index (χ1n) is 6.43. The third-order valence-electron chi connectivity index (χ3n) is 2.98. The van der Waals surface area contributed by atoms with Crippen LogP contribution in [0.4, 0.5) is 4.79 Å². The molecular weight excluding hydrogens is 282 g/mol. The van der Waals surface area contributed by atoms with Gasteiger partial charge in [-0.25, -0.2) is 14.6 Å². The van der Waals surface area contributed by atoms with E-state index in [1.165, 1.54) is 0 Å². The van der Waals surface area contributed by atoms with Crippen LogP contribution in [0.15, 0.2) is 11.6 Å². The molecule has 2 amide bonds. The fourth-order valence-corrected chi connectivity index (χ4v) is 2.59. The minimum absolute atomic E-state index is 0.221. The van der Waals surface area contributed by atoms with Gasteiger partial charge < -0.3 is 20.5 Å². The molecule has 2 atom stereocenters. The zero-order chi connectivity index (χ0) is 14.4. The van der Waals surface area contributed by atoms with E-state index in [4.69, 9.17) is 9.84 Å². The van der Waals surface area contributed by atoms with Gasteiger partial charge in [-0.2, -0.15) is 0 Å². The quantitative estimate of drug-likeness (QED) is 0.715. The van der Waals surface area contributed by atoms with Crippen LogP contribution in [0.5, 0.6) is 0 Å². The monoisotopic (exact) mass is 299 g/mol. The molecule has 110 valence electrons. The minimum Gasteiger partial charge on any atom is -0.479 e. The second-order valence-corrected chi connectivity index (χ2v) is 5.45. The Morgan fingerprint density at radius 1 is 1.45 bits per heavy atom. The zero-order valence-electron chi connectivity index (χ0n) is 10.9. The standard InChI is InChI=1S/C12H17N3O4S/c16-11(17)9-2-1-8(19-9)7-15-12(18)14-4-3-10-13-5-6-20-10/h5-6,8-9H,1-4,7H2,(H,16,17)(H2,14,15,18). The van der Waals surface area contributed by atoms with E-state index >= 15 is 0 Å². The largest absolute Gasteiger partial charge is 0.479 e. The van der Waals surface area contributed by atoms with Crippen molar-refractivity contribution in [1.29, 1.82) is 0 Å². The van der Waals surface area contributed by atoms with Crippen LogP contribution in [0, 0.1) is 0 Å². The van der Waals surface area contributed by atoms with E-state index in [-0.39, 0.29) is 12.1 Å². The van der Waals surface area contributed by atoms with Crippen molar-refractivity contribution in [3.63, 3.8) is 0 Å². The van der Waals surface area contributed by atoms with Crippen molar-refractivity contribution in [3.8, 4) is 0 Å². The molecule has 1 aliphatic heterocycles. The molecule has 8 heteroatoms. The van der Waals surface area contributed by atoms with Crippen LogP contribution in [0.1, 0.15) is 17.8 Å². The van der Waals surface area contributed by atoms with Crippen LogP contribution in [-0.2, 0) is 16.0 Å². The van der Waals surface area contributed by atoms with Crippen molar-refractivity contribution in [2.45, 2.75) is 31.5 Å². The van der Waals surface area contributed by atoms with Gasteiger partial charge in [0.25, 0.3) is 0 Å². The maximum absolute atomic E-state index is 11.5. The average molecular weight is 299 g/mol. The highest BCUT2D eigenvalue weighted by Gasteiger charge is 2.30. The summed E-state index contributed by atoms with van der Waals surface area (Å²) in [6.07, 6.45) is 2.61. The van der Waals surface area contributed by atoms with Crippen LogP contribution in [-0.4, -0.2) is 47.4 Å². The van der Waals surface area contributed by atoms with E-state index in [2.05, 4.69) is 15.6 Å². The molecule has 1 aromatic heterocycles. The number of hydrogen-bond donors (Lipinski definition) is 3. The van der Waals surface area contributed by atoms with Crippen molar-refractivity contribution >= 4 is 23.3 Å². The first kappa shape index (κ1) is 14.7. The van der Waals surface area contributed by atoms with Crippen molar-refractivity contribution < 1.29 is 19.4 Å². The molecule has 0 aromatic carbocycles. The summed E-state index contributed by atoms with van der Waals surface area (Å²) in [5.74, 6) is -0.944. The molecule has 1 aromatic rings. The van der Waals surface area contributed by atoms with Crippen LogP contribution < -0.4 is 10.6 Å². The number of nitrogens with zero attached hydrogens (tertiary/aromatic N) is 1. The van der Waals surface area contributed by atoms with Gasteiger partial charge in [-0.1, -0.05) is 0 Å². The molecule has 1 aliphatic rings. The number of thiazole rings is 1. The van der Waals surface area contributed by atoms with Crippen molar-refractivity contribution in [3.05, 3.63) is 16.6 Å². The Balaban J connectivity index is 1.57. The molecule has 0 spiro atoms. The third-order valence-corrected chi connectivity index (χ3v) is 3.82. The number of hydrogen-bond acceptors (Lipinski definition) is 5. The molecule has 0 bridgehead atoms. The van der Waals surface area contributed by atoms with Crippen LogP contribution in [0.2, 0.25) is 0 Å². The Labute approximate surface area is 120 Å². The Morgan fingerprint density at radius 2 is 2.30 bits per heavy atom. The summed E-state index contributed by atoms with van der Waals surface area (Å²) >= 11 is 1.55. The smallest absolute Gasteiger partial charge is 0.332 e. The number of amides is 2. The SMILES string of the molecule is O=C(NCCc1nccs1)NCC1CCC(C(=O)O)O1. The zero-order valence-corrected chi connectivity index (χ0v) is 11.7. The van der Waals surface area contributed by atoms with E-state index in [9.17, 15) is 9.59 Å². The molecule has 7 nitrogen and oxygen atoms in total. The van der Waals surface area contributed by atoms with Gasteiger partial charge in [0, 0.05) is 31.1 Å². The van der Waals surface area contributed by atoms with Crippen LogP contribution >= 0.6 is 11.3 Å². The maximum Gasteiger partial charge on any atom is 0.332 e. The molecule has 20 heavy (non-hydrogen) atoms. The highest BCUT2D eigenvalue weighted by Crippen LogP contribution is 2.19. The number of aliphatic carboxylic acids is 1. The summed E-state index contributed by atoms with van der Waals surface area (Å²) in [6.45, 7) is 0.843. The topological polar surface area (TPSA) is 101 Å². The third kappa shape index (κ3) is 4.46. The number of carbonyl (C=O) groups is 2. The number of carboxylic acids is 1. The minimum atomic E-state index is -0.944. The van der Waals surface area contributed by atoms with Crippen LogP contribution in [0.3, 0.4) is 0 Å². The number of rotatable bonds is 6. The number of carbonyl (C=O) groups excluding carboxylic acids is 1. The average Bonchev–Trinajstić information content (AvgIpc) is 3.07. The lowest BCUT2D eigenvalue weighted by Gasteiger charge is -2.12. The lowest BCUT2D eigenvalue weighted by Crippen LogP contribution is -2.40. The summed E-state index contributed by atoms with van der Waals surface area (Å²) in [7, 11) is 0. The van der Waals surface area contributed by atoms with Crippen molar-refractivity contribution in [2.75, 3.05) is 13.1 Å². The molecule has 0 aliphatic carbocycles. The number of nitrogens with one attached hydrogen (secondary N) is 2. The number of urea groups is 1. The first-order chi connectivity index (χ1) is 9.65. The van der Waals surface area contributed by atoms with E-state index in [1.807, 2.05) is 5.38 Å². The van der Waals surface area contributed by atoms with E-state index in [0.717, 1.165) is 5.01 Å². The van der Waals surface area contributed by atoms with Crippen LogP contribution in [0.25, 0.3) is 0 Å². The van der Waals surface area contributed by atoms with E-state index < -0.39 is 12.1 Å². The van der Waals surface area contributed by atoms with Gasteiger partial charge in [-0.05, 0) is 12.8 Å². The van der Waals surface area contributed by atoms with Gasteiger partial charge >= 0.3 is 12.0 Å². The highest BCUT2D eigenvalue weighted by atomic mass is 32.1. The fraction of sp³-hybridized carbons (Fsp3) is 0.583. The molecule has 1 fully saturated rings. The lowest BCUT2D eigenvalue weighted by atomic mass is 10.2. The molecule has 2 heterocycles. The predicted octanol–water partition coefficient (Wildman–Crippen LogP) is 0.617. The number of aromatic nitrogens is 1. The van der Waals surface area contributed by atoms with Crippen molar-refractivity contribution in [2.24, 2.45) is 0 Å². The van der Waals surface area contributed by atoms with Gasteiger partial charge in [-0.15, -0.1) is 11.3 Å². The van der Waals surface area contributed by atoms with E-state index in [1.54, 1.807) is 17.5 Å². The van der Waals surface area contributed by atoms with Gasteiger partial charge in [0.2, 0.25) is 0 Å².